The van der Waals surface area contributed by atoms with Crippen molar-refractivity contribution < 1.29 is 9.90 Å². The fraction of sp³-hybridized carbons (Fsp3) is 0.100. The highest BCUT2D eigenvalue weighted by Crippen LogP contribution is 2.38. The molecule has 0 fully saturated rings. The largest absolute Gasteiger partial charge is 0.505 e. The van der Waals surface area contributed by atoms with Crippen molar-refractivity contribution >= 4 is 23.6 Å². The van der Waals surface area contributed by atoms with E-state index in [1.54, 1.807) is 23.5 Å². The molecule has 0 spiro atoms. The monoisotopic (exact) mass is 222 g/mol. The lowest BCUT2D eigenvalue weighted by Crippen LogP contribution is -2.27. The molecule has 0 saturated carbocycles. The summed E-state index contributed by atoms with van der Waals surface area (Å²) in [5, 5.41) is 9.89. The average molecular weight is 222 g/mol. The molecule has 3 N–H and O–H groups in total. The van der Waals surface area contributed by atoms with Crippen LogP contribution in [0.25, 0.3) is 5.76 Å². The Kier molecular flexibility index (Phi) is 2.32. The highest BCUT2D eigenvalue weighted by molar-refractivity contribution is 7.97. The van der Waals surface area contributed by atoms with Gasteiger partial charge in [0.05, 0.1) is 0 Å². The number of aliphatic hydroxyl groups is 1. The Bertz CT molecular complexity index is 456. The molecule has 1 heterocycles. The number of benzene rings is 1. The Morgan fingerprint density at radius 2 is 2.13 bits per heavy atom. The molecule has 1 aromatic carbocycles. The third kappa shape index (κ3) is 1.55. The SMILES string of the molecule is CN1Sc2ccccc2C(O)=C1C(N)=O. The molecule has 0 bridgehead atoms. The second kappa shape index (κ2) is 3.51. The van der Waals surface area contributed by atoms with E-state index in [0.29, 0.717) is 5.56 Å². The first-order chi connectivity index (χ1) is 7.11. The minimum atomic E-state index is -0.628. The van der Waals surface area contributed by atoms with E-state index in [9.17, 15) is 9.90 Å². The van der Waals surface area contributed by atoms with Crippen molar-refractivity contribution in [3.05, 3.63) is 35.5 Å². The predicted octanol–water partition coefficient (Wildman–Crippen LogP) is 1.35. The molecule has 1 aliphatic heterocycles. The maximum atomic E-state index is 11.1. The van der Waals surface area contributed by atoms with Crippen molar-refractivity contribution in [2.45, 2.75) is 4.90 Å². The highest BCUT2D eigenvalue weighted by atomic mass is 32.2. The van der Waals surface area contributed by atoms with E-state index < -0.39 is 5.91 Å². The molecular formula is C10H10N2O2S. The quantitative estimate of drug-likeness (QED) is 0.704. The van der Waals surface area contributed by atoms with Gasteiger partial charge in [0.1, 0.15) is 0 Å². The van der Waals surface area contributed by atoms with Gasteiger partial charge in [0.15, 0.2) is 11.5 Å². The molecule has 1 aliphatic rings. The Balaban J connectivity index is 2.62. The van der Waals surface area contributed by atoms with Crippen LogP contribution in [0.2, 0.25) is 0 Å². The zero-order valence-corrected chi connectivity index (χ0v) is 8.91. The van der Waals surface area contributed by atoms with Crippen LogP contribution >= 0.6 is 11.9 Å². The van der Waals surface area contributed by atoms with E-state index in [1.807, 2.05) is 12.1 Å². The Labute approximate surface area is 91.5 Å². The number of primary amides is 1. The number of hydrogen-bond acceptors (Lipinski definition) is 4. The standard InChI is InChI=1S/C10H10N2O2S/c1-12-8(10(11)14)9(13)6-4-2-3-5-7(6)15-12/h2-5,13H,1H3,(H2,11,14). The molecule has 5 heteroatoms. The topological polar surface area (TPSA) is 66.6 Å². The summed E-state index contributed by atoms with van der Waals surface area (Å²) in [6.07, 6.45) is 0. The lowest BCUT2D eigenvalue weighted by molar-refractivity contribution is -0.115. The molecule has 0 radical (unpaired) electrons. The van der Waals surface area contributed by atoms with Gasteiger partial charge in [0, 0.05) is 17.5 Å². The first kappa shape index (κ1) is 9.92. The number of amides is 1. The van der Waals surface area contributed by atoms with Crippen LogP contribution < -0.4 is 5.73 Å². The third-order valence-electron chi connectivity index (χ3n) is 2.15. The summed E-state index contributed by atoms with van der Waals surface area (Å²) in [6, 6.07) is 7.32. The molecule has 0 saturated heterocycles. The number of carbonyl (C=O) groups excluding carboxylic acids is 1. The summed E-state index contributed by atoms with van der Waals surface area (Å²) in [5.41, 5.74) is 5.98. The number of rotatable bonds is 1. The molecule has 2 rings (SSSR count). The maximum absolute atomic E-state index is 11.1. The van der Waals surface area contributed by atoms with Gasteiger partial charge >= 0.3 is 0 Å². The van der Waals surface area contributed by atoms with Gasteiger partial charge in [-0.05, 0) is 24.1 Å². The molecule has 0 unspecified atom stereocenters. The summed E-state index contributed by atoms with van der Waals surface area (Å²) in [7, 11) is 1.69. The van der Waals surface area contributed by atoms with E-state index in [0.717, 1.165) is 4.90 Å². The summed E-state index contributed by atoms with van der Waals surface area (Å²) in [4.78, 5) is 12.0. The fourth-order valence-electron chi connectivity index (χ4n) is 1.48. The predicted molar refractivity (Wildman–Crippen MR) is 58.8 cm³/mol. The maximum Gasteiger partial charge on any atom is 0.269 e. The molecule has 4 nitrogen and oxygen atoms in total. The second-order valence-electron chi connectivity index (χ2n) is 3.15. The number of carbonyl (C=O) groups is 1. The molecule has 0 aromatic heterocycles. The molecule has 0 aliphatic carbocycles. The molecular weight excluding hydrogens is 212 g/mol. The lowest BCUT2D eigenvalue weighted by atomic mass is 10.1. The number of nitrogens with two attached hydrogens (primary N) is 1. The van der Waals surface area contributed by atoms with Gasteiger partial charge in [-0.2, -0.15) is 0 Å². The van der Waals surface area contributed by atoms with Crippen LogP contribution in [0.1, 0.15) is 5.56 Å². The van der Waals surface area contributed by atoms with E-state index >= 15 is 0 Å². The number of hydrogen-bond donors (Lipinski definition) is 2. The second-order valence-corrected chi connectivity index (χ2v) is 4.32. The van der Waals surface area contributed by atoms with Gasteiger partial charge < -0.3 is 15.1 Å². The number of likely N-dealkylation sites (N-methyl/N-ethyl adjacent to an activating group) is 1. The Morgan fingerprint density at radius 1 is 1.47 bits per heavy atom. The zero-order chi connectivity index (χ0) is 11.0. The van der Waals surface area contributed by atoms with E-state index in [-0.39, 0.29) is 11.5 Å². The van der Waals surface area contributed by atoms with Crippen LogP contribution in [0.15, 0.2) is 34.9 Å². The molecule has 78 valence electrons. The third-order valence-corrected chi connectivity index (χ3v) is 3.16. The van der Waals surface area contributed by atoms with Crippen LogP contribution in [0.4, 0.5) is 0 Å². The van der Waals surface area contributed by atoms with E-state index in [2.05, 4.69) is 0 Å². The van der Waals surface area contributed by atoms with Crippen LogP contribution in [-0.4, -0.2) is 22.4 Å². The van der Waals surface area contributed by atoms with Gasteiger partial charge in [-0.1, -0.05) is 12.1 Å². The number of fused-ring (bicyclic) bond motifs is 1. The van der Waals surface area contributed by atoms with Crippen molar-refractivity contribution in [3.63, 3.8) is 0 Å². The summed E-state index contributed by atoms with van der Waals surface area (Å²) >= 11 is 1.37. The minimum Gasteiger partial charge on any atom is -0.505 e. The minimum absolute atomic E-state index is 0.0562. The van der Waals surface area contributed by atoms with Gasteiger partial charge in [-0.25, -0.2) is 0 Å². The summed E-state index contributed by atoms with van der Waals surface area (Å²) in [6.45, 7) is 0. The van der Waals surface area contributed by atoms with Crippen molar-refractivity contribution in [1.82, 2.24) is 4.31 Å². The van der Waals surface area contributed by atoms with E-state index in [1.165, 1.54) is 11.9 Å². The molecule has 0 atom stereocenters. The average Bonchev–Trinajstić information content (AvgIpc) is 2.17. The summed E-state index contributed by atoms with van der Waals surface area (Å²) < 4.78 is 1.57. The van der Waals surface area contributed by atoms with Gasteiger partial charge in [0.2, 0.25) is 0 Å². The van der Waals surface area contributed by atoms with Crippen LogP contribution in [0, 0.1) is 0 Å². The first-order valence-electron chi connectivity index (χ1n) is 4.35. The highest BCUT2D eigenvalue weighted by Gasteiger charge is 2.26. The molecule has 1 aromatic rings. The lowest BCUT2D eigenvalue weighted by Gasteiger charge is -2.26. The number of nitrogens with zero attached hydrogens (tertiary/aromatic N) is 1. The van der Waals surface area contributed by atoms with Gasteiger partial charge in [-0.15, -0.1) is 0 Å². The normalized spacial score (nSPS) is 15.1. The van der Waals surface area contributed by atoms with Crippen LogP contribution in [0.3, 0.4) is 0 Å². The Hall–Kier alpha value is -1.62. The van der Waals surface area contributed by atoms with Crippen LogP contribution in [0.5, 0.6) is 0 Å². The molecule has 15 heavy (non-hydrogen) atoms. The molecule has 1 amide bonds. The smallest absolute Gasteiger partial charge is 0.269 e. The van der Waals surface area contributed by atoms with Crippen molar-refractivity contribution in [2.24, 2.45) is 5.73 Å². The Morgan fingerprint density at radius 3 is 2.80 bits per heavy atom. The van der Waals surface area contributed by atoms with Crippen molar-refractivity contribution in [2.75, 3.05) is 7.05 Å². The van der Waals surface area contributed by atoms with Gasteiger partial charge in [0.25, 0.3) is 5.91 Å². The number of aliphatic hydroxyl groups excluding tert-OH is 1. The zero-order valence-electron chi connectivity index (χ0n) is 8.10. The van der Waals surface area contributed by atoms with Crippen molar-refractivity contribution in [3.8, 4) is 0 Å². The first-order valence-corrected chi connectivity index (χ1v) is 5.12. The van der Waals surface area contributed by atoms with Crippen LogP contribution in [-0.2, 0) is 4.79 Å². The van der Waals surface area contributed by atoms with E-state index in [4.69, 9.17) is 5.73 Å². The van der Waals surface area contributed by atoms with Gasteiger partial charge in [-0.3, -0.25) is 4.79 Å². The van der Waals surface area contributed by atoms with Crippen molar-refractivity contribution in [1.29, 1.82) is 0 Å². The summed E-state index contributed by atoms with van der Waals surface area (Å²) in [5.74, 6) is -0.684. The fourth-order valence-corrected chi connectivity index (χ4v) is 2.45.